The number of amides is 2. The molecule has 0 aromatic rings. The van der Waals surface area contributed by atoms with Gasteiger partial charge in [0.05, 0.1) is 11.8 Å². The van der Waals surface area contributed by atoms with Crippen LogP contribution < -0.4 is 5.43 Å². The summed E-state index contributed by atoms with van der Waals surface area (Å²) in [5.41, 5.74) is 1.70. The molecule has 0 spiro atoms. The summed E-state index contributed by atoms with van der Waals surface area (Å²) in [5.74, 6) is 0.0774. The minimum absolute atomic E-state index is 0.0613. The minimum Gasteiger partial charge on any atom is -0.388 e. The number of aliphatic hydroxyl groups excluding tert-OH is 3. The van der Waals surface area contributed by atoms with Crippen LogP contribution in [0.3, 0.4) is 0 Å². The number of hydrogen-bond donors (Lipinski definition) is 4. The second-order valence-electron chi connectivity index (χ2n) is 4.39. The van der Waals surface area contributed by atoms with Gasteiger partial charge in [-0.05, 0) is 0 Å². The highest BCUT2D eigenvalue weighted by atomic mass is 35.5. The van der Waals surface area contributed by atoms with Gasteiger partial charge in [-0.2, -0.15) is 5.43 Å². The van der Waals surface area contributed by atoms with E-state index in [9.17, 15) is 25.0 Å². The van der Waals surface area contributed by atoms with Crippen molar-refractivity contribution in [2.24, 2.45) is 5.29 Å². The number of carbonyl (C=O) groups excluding carboxylic acids is 1. The second kappa shape index (κ2) is 8.41. The first-order valence-corrected chi connectivity index (χ1v) is 6.65. The van der Waals surface area contributed by atoms with Gasteiger partial charge in [0, 0.05) is 19.5 Å². The molecule has 0 aromatic carbocycles. The fourth-order valence-corrected chi connectivity index (χ4v) is 2.17. The molecule has 4 N–H and O–H groups in total. The molecule has 1 rings (SSSR count). The largest absolute Gasteiger partial charge is 0.388 e. The van der Waals surface area contributed by atoms with Crippen molar-refractivity contribution in [3.63, 3.8) is 0 Å². The molecule has 0 bridgehead atoms. The fraction of sp³-hybridized carbons (Fsp3) is 0.900. The molecule has 0 unspecified atom stereocenters. The van der Waals surface area contributed by atoms with Gasteiger partial charge in [-0.1, -0.05) is 0 Å². The molecule has 1 saturated heterocycles. The third kappa shape index (κ3) is 4.46. The smallest absolute Gasteiger partial charge is 0.340 e. The summed E-state index contributed by atoms with van der Waals surface area (Å²) in [7, 11) is 1.26. The van der Waals surface area contributed by atoms with Gasteiger partial charge >= 0.3 is 6.03 Å². The molecule has 1 aliphatic rings. The van der Waals surface area contributed by atoms with Crippen molar-refractivity contribution in [2.75, 3.05) is 26.1 Å². The summed E-state index contributed by atoms with van der Waals surface area (Å²) in [5, 5.41) is 31.5. The van der Waals surface area contributed by atoms with Crippen LogP contribution in [-0.4, -0.2) is 83.0 Å². The molecule has 2 amide bonds. The zero-order valence-corrected chi connectivity index (χ0v) is 12.0. The molecule has 5 atom stereocenters. The van der Waals surface area contributed by atoms with Gasteiger partial charge in [-0.25, -0.2) is 4.79 Å². The van der Waals surface area contributed by atoms with E-state index in [4.69, 9.17) is 21.1 Å². The fourth-order valence-electron chi connectivity index (χ4n) is 1.97. The Labute approximate surface area is 125 Å². The third-order valence-electron chi connectivity index (χ3n) is 3.08. The maximum absolute atomic E-state index is 11.6. The maximum atomic E-state index is 11.6. The molecular weight excluding hydrogens is 310 g/mol. The number of urea groups is 1. The Morgan fingerprint density at radius 3 is 2.57 bits per heavy atom. The predicted molar refractivity (Wildman–Crippen MR) is 70.3 cm³/mol. The van der Waals surface area contributed by atoms with Crippen molar-refractivity contribution in [3.05, 3.63) is 4.91 Å². The third-order valence-corrected chi connectivity index (χ3v) is 3.25. The molecule has 21 heavy (non-hydrogen) atoms. The van der Waals surface area contributed by atoms with Gasteiger partial charge in [-0.3, -0.25) is 0 Å². The van der Waals surface area contributed by atoms with E-state index in [0.29, 0.717) is 0 Å². The number of hydrogen-bond acceptors (Lipinski definition) is 8. The van der Waals surface area contributed by atoms with Crippen LogP contribution >= 0.6 is 11.6 Å². The summed E-state index contributed by atoms with van der Waals surface area (Å²) in [6.07, 6.45) is -6.55. The number of aliphatic hydroxyl groups is 3. The van der Waals surface area contributed by atoms with Gasteiger partial charge in [0.15, 0.2) is 6.29 Å². The number of nitrogens with zero attached hydrogens (tertiary/aromatic N) is 2. The van der Waals surface area contributed by atoms with Crippen LogP contribution in [0.15, 0.2) is 5.29 Å². The van der Waals surface area contributed by atoms with Gasteiger partial charge in [0.1, 0.15) is 24.4 Å². The number of ether oxygens (including phenoxy) is 2. The Morgan fingerprint density at radius 1 is 1.38 bits per heavy atom. The van der Waals surface area contributed by atoms with Crippen LogP contribution in [0.25, 0.3) is 0 Å². The Kier molecular flexibility index (Phi) is 7.22. The number of nitrogens with one attached hydrogen (secondary N) is 1. The lowest BCUT2D eigenvalue weighted by atomic mass is 9.98. The summed E-state index contributed by atoms with van der Waals surface area (Å²) in [4.78, 5) is 22.7. The number of rotatable bonds is 6. The molecule has 1 heterocycles. The first-order chi connectivity index (χ1) is 9.96. The highest BCUT2D eigenvalue weighted by Crippen LogP contribution is 2.22. The Bertz CT molecular complexity index is 360. The average Bonchev–Trinajstić information content (AvgIpc) is 2.47. The van der Waals surface area contributed by atoms with E-state index in [0.717, 1.165) is 4.90 Å². The molecule has 122 valence electrons. The number of nitroso groups, excluding NO2 is 1. The van der Waals surface area contributed by atoms with Gasteiger partial charge in [-0.15, -0.1) is 16.5 Å². The lowest BCUT2D eigenvalue weighted by Gasteiger charge is -2.41. The minimum atomic E-state index is -1.50. The van der Waals surface area contributed by atoms with E-state index in [-0.39, 0.29) is 19.0 Å². The van der Waals surface area contributed by atoms with Crippen LogP contribution in [0.1, 0.15) is 0 Å². The number of carbonyl (C=O) groups is 1. The molecule has 0 aromatic heterocycles. The molecule has 11 heteroatoms. The average molecular weight is 328 g/mol. The van der Waals surface area contributed by atoms with Crippen LogP contribution in [0.2, 0.25) is 0 Å². The van der Waals surface area contributed by atoms with Crippen LogP contribution in [0, 0.1) is 4.91 Å². The lowest BCUT2D eigenvalue weighted by Crippen LogP contribution is -2.61. The first kappa shape index (κ1) is 18.0. The van der Waals surface area contributed by atoms with Gasteiger partial charge in [0.25, 0.3) is 0 Å². The van der Waals surface area contributed by atoms with E-state index in [1.54, 1.807) is 5.43 Å². The number of halogens is 1. The van der Waals surface area contributed by atoms with E-state index >= 15 is 0 Å². The Balaban J connectivity index is 2.76. The maximum Gasteiger partial charge on any atom is 0.340 e. The van der Waals surface area contributed by atoms with Crippen LogP contribution in [-0.2, 0) is 9.47 Å². The van der Waals surface area contributed by atoms with Crippen LogP contribution in [0.4, 0.5) is 4.79 Å². The zero-order chi connectivity index (χ0) is 16.0. The van der Waals surface area contributed by atoms with Crippen molar-refractivity contribution in [1.29, 1.82) is 0 Å². The van der Waals surface area contributed by atoms with Gasteiger partial charge in [0.2, 0.25) is 0 Å². The second-order valence-corrected chi connectivity index (χ2v) is 4.77. The molecule has 1 aliphatic heterocycles. The summed E-state index contributed by atoms with van der Waals surface area (Å²) < 4.78 is 10.1. The quantitative estimate of drug-likeness (QED) is 0.261. The zero-order valence-electron chi connectivity index (χ0n) is 11.3. The van der Waals surface area contributed by atoms with E-state index < -0.39 is 36.7 Å². The van der Waals surface area contributed by atoms with Crippen molar-refractivity contribution >= 4 is 17.6 Å². The lowest BCUT2D eigenvalue weighted by molar-refractivity contribution is -0.290. The van der Waals surface area contributed by atoms with Gasteiger partial charge < -0.3 is 29.7 Å². The highest BCUT2D eigenvalue weighted by Gasteiger charge is 2.44. The molecular formula is C10H18ClN3O7. The standard InChI is InChI=1S/C10H18ClN3O7/c1-20-9-8(17)7(16)6(15)5(21-9)4-14(3-2-11)10(18)12-13-19/h5-9,15-17H,2-4H2,1H3,(H,12,18,19)/t5-,6-,7+,8-,9+/m1/s1. The number of methoxy groups -OCH3 is 1. The molecule has 0 saturated carbocycles. The van der Waals surface area contributed by atoms with Crippen molar-refractivity contribution in [1.82, 2.24) is 10.3 Å². The predicted octanol–water partition coefficient (Wildman–Crippen LogP) is -1.63. The summed E-state index contributed by atoms with van der Waals surface area (Å²) >= 11 is 5.55. The summed E-state index contributed by atoms with van der Waals surface area (Å²) in [6, 6.07) is -0.823. The monoisotopic (exact) mass is 327 g/mol. The highest BCUT2D eigenvalue weighted by molar-refractivity contribution is 6.18. The molecule has 1 fully saturated rings. The van der Waals surface area contributed by atoms with E-state index in [1.807, 2.05) is 0 Å². The topological polar surface area (TPSA) is 141 Å². The van der Waals surface area contributed by atoms with E-state index in [2.05, 4.69) is 5.29 Å². The Hall–Kier alpha value is -1.04. The molecule has 10 nitrogen and oxygen atoms in total. The number of alkyl halides is 1. The van der Waals surface area contributed by atoms with Crippen LogP contribution in [0.5, 0.6) is 0 Å². The Morgan fingerprint density at radius 2 is 2.05 bits per heavy atom. The van der Waals surface area contributed by atoms with Crippen molar-refractivity contribution in [2.45, 2.75) is 30.7 Å². The van der Waals surface area contributed by atoms with Crippen molar-refractivity contribution < 1.29 is 29.6 Å². The molecule has 0 aliphatic carbocycles. The summed E-state index contributed by atoms with van der Waals surface area (Å²) in [6.45, 7) is -0.120. The molecule has 0 radical (unpaired) electrons. The SMILES string of the molecule is CO[C@H]1O[C@H](CN(CCCl)C(=O)NN=O)[C@@H](O)[C@H](O)[C@H]1O. The normalized spacial score (nSPS) is 32.5. The first-order valence-electron chi connectivity index (χ1n) is 6.12. The van der Waals surface area contributed by atoms with Crippen molar-refractivity contribution in [3.8, 4) is 0 Å². The van der Waals surface area contributed by atoms with E-state index in [1.165, 1.54) is 7.11 Å².